The number of sulfonamides is 1. The summed E-state index contributed by atoms with van der Waals surface area (Å²) >= 11 is 0. The maximum Gasteiger partial charge on any atom is 0.421 e. The normalized spacial score (nSPS) is 11.8. The van der Waals surface area contributed by atoms with Crippen LogP contribution in [0.3, 0.4) is 0 Å². The van der Waals surface area contributed by atoms with E-state index in [4.69, 9.17) is 5.14 Å². The van der Waals surface area contributed by atoms with E-state index in [1.807, 2.05) is 0 Å². The lowest BCUT2D eigenvalue weighted by Gasteiger charge is -2.15. The summed E-state index contributed by atoms with van der Waals surface area (Å²) in [7, 11) is -3.86. The molecule has 2 aromatic rings. The average Bonchev–Trinajstić information content (AvgIpc) is 2.57. The van der Waals surface area contributed by atoms with E-state index in [-0.39, 0.29) is 29.8 Å². The minimum Gasteiger partial charge on any atom is -0.368 e. The molecule has 13 heteroatoms. The monoisotopic (exact) mass is 418 g/mol. The second-order valence-corrected chi connectivity index (χ2v) is 7.12. The number of primary sulfonamides is 1. The van der Waals surface area contributed by atoms with Gasteiger partial charge in [0, 0.05) is 31.9 Å². The molecule has 0 saturated heterocycles. The van der Waals surface area contributed by atoms with Crippen molar-refractivity contribution < 1.29 is 26.4 Å². The van der Waals surface area contributed by atoms with Crippen molar-refractivity contribution in [1.29, 1.82) is 0 Å². The van der Waals surface area contributed by atoms with Crippen molar-refractivity contribution in [3.63, 3.8) is 0 Å². The number of carbonyl (C=O) groups is 1. The summed E-state index contributed by atoms with van der Waals surface area (Å²) < 4.78 is 61.8. The number of benzene rings is 1. The van der Waals surface area contributed by atoms with Crippen LogP contribution in [0.1, 0.15) is 12.5 Å². The molecule has 0 aliphatic rings. The van der Waals surface area contributed by atoms with Gasteiger partial charge in [-0.25, -0.2) is 18.5 Å². The highest BCUT2D eigenvalue weighted by Gasteiger charge is 2.35. The number of anilines is 3. The molecule has 1 heterocycles. The number of nitrogens with zero attached hydrogens (tertiary/aromatic N) is 2. The van der Waals surface area contributed by atoms with Crippen molar-refractivity contribution in [2.24, 2.45) is 5.14 Å². The number of halogens is 3. The van der Waals surface area contributed by atoms with Crippen molar-refractivity contribution in [3.8, 4) is 0 Å². The van der Waals surface area contributed by atoms with Crippen LogP contribution in [0.25, 0.3) is 0 Å². The number of aromatic nitrogens is 2. The Balaban J connectivity index is 2.20. The molecule has 152 valence electrons. The van der Waals surface area contributed by atoms with Crippen molar-refractivity contribution in [1.82, 2.24) is 15.3 Å². The summed E-state index contributed by atoms with van der Waals surface area (Å²) in [6, 6.07) is 5.19. The van der Waals surface area contributed by atoms with Gasteiger partial charge < -0.3 is 16.0 Å². The van der Waals surface area contributed by atoms with Gasteiger partial charge in [-0.2, -0.15) is 18.2 Å². The molecule has 28 heavy (non-hydrogen) atoms. The second kappa shape index (κ2) is 8.39. The van der Waals surface area contributed by atoms with Gasteiger partial charge in [0.15, 0.2) is 0 Å². The summed E-state index contributed by atoms with van der Waals surface area (Å²) in [4.78, 5) is 18.2. The number of nitrogens with one attached hydrogen (secondary N) is 3. The molecule has 0 saturated carbocycles. The third kappa shape index (κ3) is 6.06. The highest BCUT2D eigenvalue weighted by molar-refractivity contribution is 7.89. The first-order chi connectivity index (χ1) is 13.0. The van der Waals surface area contributed by atoms with E-state index in [0.29, 0.717) is 11.9 Å². The Kier molecular flexibility index (Phi) is 6.41. The lowest BCUT2D eigenvalue weighted by atomic mass is 10.3. The minimum atomic E-state index is -4.67. The van der Waals surface area contributed by atoms with Crippen LogP contribution >= 0.6 is 0 Å². The number of nitrogens with two attached hydrogens (primary N) is 1. The first-order valence-corrected chi connectivity index (χ1v) is 9.34. The molecule has 1 amide bonds. The Bertz CT molecular complexity index is 948. The lowest BCUT2D eigenvalue weighted by molar-refractivity contribution is -0.137. The van der Waals surface area contributed by atoms with Gasteiger partial charge in [0.2, 0.25) is 21.9 Å². The highest BCUT2D eigenvalue weighted by Crippen LogP contribution is 2.34. The summed E-state index contributed by atoms with van der Waals surface area (Å²) in [5, 5.41) is 12.6. The molecule has 0 aliphatic heterocycles. The molecule has 0 aliphatic carbocycles. The van der Waals surface area contributed by atoms with Crippen LogP contribution in [0.4, 0.5) is 30.6 Å². The van der Waals surface area contributed by atoms with Gasteiger partial charge >= 0.3 is 6.18 Å². The first-order valence-electron chi connectivity index (χ1n) is 7.79. The maximum absolute atomic E-state index is 13.1. The third-order valence-corrected chi connectivity index (χ3v) is 4.25. The van der Waals surface area contributed by atoms with Crippen molar-refractivity contribution in [2.75, 3.05) is 23.7 Å². The Morgan fingerprint density at radius 1 is 1.18 bits per heavy atom. The maximum atomic E-state index is 13.1. The fraction of sp³-hybridized carbons (Fsp3) is 0.267. The standard InChI is InChI=1S/C15H17F3N6O3S/c1-9(25)20-6-7-21-13-12(15(16,17)18)8-22-14(24-13)23-10-2-4-11(5-3-10)28(19,26)27/h2-5,8H,6-7H2,1H3,(H,20,25)(H2,19,26,27)(H2,21,22,23,24). The van der Waals surface area contributed by atoms with Gasteiger partial charge in [0.25, 0.3) is 0 Å². The predicted octanol–water partition coefficient (Wildman–Crippen LogP) is 1.43. The molecule has 2 rings (SSSR count). The van der Waals surface area contributed by atoms with Crippen LogP contribution in [-0.2, 0) is 21.0 Å². The SMILES string of the molecule is CC(=O)NCCNc1nc(Nc2ccc(S(N)(=O)=O)cc2)ncc1C(F)(F)F. The number of hydrogen-bond donors (Lipinski definition) is 4. The number of amides is 1. The van der Waals surface area contributed by atoms with Gasteiger partial charge in [-0.15, -0.1) is 0 Å². The predicted molar refractivity (Wildman–Crippen MR) is 95.3 cm³/mol. The van der Waals surface area contributed by atoms with Crippen molar-refractivity contribution in [3.05, 3.63) is 36.0 Å². The average molecular weight is 418 g/mol. The van der Waals surface area contributed by atoms with E-state index in [1.165, 1.54) is 31.2 Å². The molecule has 1 aromatic carbocycles. The number of alkyl halides is 3. The number of carbonyl (C=O) groups excluding carboxylic acids is 1. The highest BCUT2D eigenvalue weighted by atomic mass is 32.2. The van der Waals surface area contributed by atoms with E-state index in [9.17, 15) is 26.4 Å². The van der Waals surface area contributed by atoms with E-state index in [0.717, 1.165) is 0 Å². The van der Waals surface area contributed by atoms with Gasteiger partial charge in [-0.3, -0.25) is 4.79 Å². The Morgan fingerprint density at radius 2 is 1.82 bits per heavy atom. The Labute approximate surface area is 158 Å². The van der Waals surface area contributed by atoms with Crippen LogP contribution in [-0.4, -0.2) is 37.4 Å². The molecule has 5 N–H and O–H groups in total. The molecule has 0 unspecified atom stereocenters. The molecule has 0 spiro atoms. The molecular weight excluding hydrogens is 401 g/mol. The van der Waals surface area contributed by atoms with Gasteiger partial charge in [-0.1, -0.05) is 0 Å². The summed E-state index contributed by atoms with van der Waals surface area (Å²) in [5.74, 6) is -0.916. The summed E-state index contributed by atoms with van der Waals surface area (Å²) in [6.45, 7) is 1.41. The molecule has 0 radical (unpaired) electrons. The smallest absolute Gasteiger partial charge is 0.368 e. The van der Waals surface area contributed by atoms with Crippen LogP contribution in [0.15, 0.2) is 35.4 Å². The largest absolute Gasteiger partial charge is 0.421 e. The minimum absolute atomic E-state index is 0.0160. The first kappa shape index (κ1) is 21.4. The van der Waals surface area contributed by atoms with E-state index < -0.39 is 27.6 Å². The topological polar surface area (TPSA) is 139 Å². The van der Waals surface area contributed by atoms with Gasteiger partial charge in [-0.05, 0) is 24.3 Å². The lowest BCUT2D eigenvalue weighted by Crippen LogP contribution is -2.27. The zero-order chi connectivity index (χ0) is 20.9. The van der Waals surface area contributed by atoms with Gasteiger partial charge in [0.05, 0.1) is 4.90 Å². The summed E-state index contributed by atoms with van der Waals surface area (Å²) in [6.07, 6.45) is -4.05. The van der Waals surface area contributed by atoms with Gasteiger partial charge in [0.1, 0.15) is 11.4 Å². The molecule has 1 aromatic heterocycles. The van der Waals surface area contributed by atoms with Crippen LogP contribution in [0.2, 0.25) is 0 Å². The zero-order valence-electron chi connectivity index (χ0n) is 14.5. The molecular formula is C15H17F3N6O3S. The van der Waals surface area contributed by atoms with E-state index in [1.54, 1.807) is 0 Å². The Morgan fingerprint density at radius 3 is 2.36 bits per heavy atom. The van der Waals surface area contributed by atoms with Crippen molar-refractivity contribution >= 4 is 33.4 Å². The fourth-order valence-corrected chi connectivity index (χ4v) is 2.58. The van der Waals surface area contributed by atoms with Crippen LogP contribution in [0.5, 0.6) is 0 Å². The molecule has 0 fully saturated rings. The van der Waals surface area contributed by atoms with Crippen LogP contribution < -0.4 is 21.1 Å². The quantitative estimate of drug-likeness (QED) is 0.499. The van der Waals surface area contributed by atoms with Crippen molar-refractivity contribution in [2.45, 2.75) is 18.0 Å². The number of hydrogen-bond acceptors (Lipinski definition) is 7. The molecule has 0 bridgehead atoms. The van der Waals surface area contributed by atoms with Crippen LogP contribution in [0, 0.1) is 0 Å². The number of rotatable bonds is 7. The molecule has 9 nitrogen and oxygen atoms in total. The fourth-order valence-electron chi connectivity index (χ4n) is 2.06. The van der Waals surface area contributed by atoms with E-state index >= 15 is 0 Å². The summed E-state index contributed by atoms with van der Waals surface area (Å²) in [5.41, 5.74) is -0.721. The Hall–Kier alpha value is -2.93. The van der Waals surface area contributed by atoms with E-state index in [2.05, 4.69) is 25.9 Å². The third-order valence-electron chi connectivity index (χ3n) is 3.32. The second-order valence-electron chi connectivity index (χ2n) is 5.56. The molecule has 0 atom stereocenters. The zero-order valence-corrected chi connectivity index (χ0v) is 15.4.